The smallest absolute Gasteiger partial charge is 0.270 e. The molecule has 0 aliphatic carbocycles. The summed E-state index contributed by atoms with van der Waals surface area (Å²) in [7, 11) is 3.99. The second-order valence-corrected chi connectivity index (χ2v) is 5.95. The van der Waals surface area contributed by atoms with Crippen molar-refractivity contribution >= 4 is 17.5 Å². The summed E-state index contributed by atoms with van der Waals surface area (Å²) in [6.45, 7) is 3.32. The summed E-state index contributed by atoms with van der Waals surface area (Å²) in [6.07, 6.45) is 0.874. The zero-order chi connectivity index (χ0) is 18.2. The quantitative estimate of drug-likeness (QED) is 0.751. The third kappa shape index (κ3) is 5.86. The predicted octanol–water partition coefficient (Wildman–Crippen LogP) is 2.08. The van der Waals surface area contributed by atoms with E-state index in [1.807, 2.05) is 21.0 Å². The van der Waals surface area contributed by atoms with Gasteiger partial charge in [-0.15, -0.1) is 0 Å². The summed E-state index contributed by atoms with van der Waals surface area (Å²) in [5, 5.41) is 14.8. The largest absolute Gasteiger partial charge is 0.351 e. The maximum absolute atomic E-state index is 12.3. The maximum Gasteiger partial charge on any atom is 0.270 e. The summed E-state index contributed by atoms with van der Waals surface area (Å²) in [4.78, 5) is 22.9. The highest BCUT2D eigenvalue weighted by molar-refractivity contribution is 5.92. The number of hydrogen-bond donors (Lipinski definition) is 2. The first-order valence-corrected chi connectivity index (χ1v) is 8.04. The third-order valence-electron chi connectivity index (χ3n) is 3.42. The van der Waals surface area contributed by atoms with Gasteiger partial charge in [-0.3, -0.25) is 4.79 Å². The Balaban J connectivity index is 2.03. The van der Waals surface area contributed by atoms with Crippen LogP contribution in [0.15, 0.2) is 30.3 Å². The van der Waals surface area contributed by atoms with Crippen molar-refractivity contribution in [2.45, 2.75) is 13.3 Å². The molecule has 1 amide bonds. The number of carbonyl (C=O) groups is 1. The topological polar surface area (TPSA) is 93.9 Å². The van der Waals surface area contributed by atoms with Crippen LogP contribution < -0.4 is 10.6 Å². The molecule has 0 aliphatic rings. The van der Waals surface area contributed by atoms with Crippen molar-refractivity contribution in [3.05, 3.63) is 47.3 Å². The molecule has 0 spiro atoms. The summed E-state index contributed by atoms with van der Waals surface area (Å²) >= 11 is 0. The van der Waals surface area contributed by atoms with Gasteiger partial charge in [-0.25, -0.2) is 9.97 Å². The number of carbonyl (C=O) groups excluding carboxylic acids is 1. The minimum atomic E-state index is -0.216. The second kappa shape index (κ2) is 8.76. The van der Waals surface area contributed by atoms with Gasteiger partial charge in [0, 0.05) is 17.9 Å². The Morgan fingerprint density at radius 2 is 1.96 bits per heavy atom. The Morgan fingerprint density at radius 1 is 1.24 bits per heavy atom. The molecule has 0 bridgehead atoms. The van der Waals surface area contributed by atoms with Gasteiger partial charge >= 0.3 is 0 Å². The Morgan fingerprint density at radius 3 is 2.60 bits per heavy atom. The van der Waals surface area contributed by atoms with Gasteiger partial charge in [0.25, 0.3) is 5.91 Å². The summed E-state index contributed by atoms with van der Waals surface area (Å²) in [5.74, 6) is 0.135. The fraction of sp³-hybridized carbons (Fsp3) is 0.333. The SMILES string of the molecule is Cc1cc(C(=O)NCCCN(C)C)nc(Nc2ccc(C#N)cc2)n1. The molecule has 0 radical (unpaired) electrons. The first-order valence-electron chi connectivity index (χ1n) is 8.04. The first-order chi connectivity index (χ1) is 12.0. The van der Waals surface area contributed by atoms with Crippen LogP contribution in [0.2, 0.25) is 0 Å². The Hall–Kier alpha value is -2.98. The Kier molecular flexibility index (Phi) is 6.43. The first kappa shape index (κ1) is 18.4. The molecule has 1 aromatic heterocycles. The number of aromatic nitrogens is 2. The third-order valence-corrected chi connectivity index (χ3v) is 3.42. The molecule has 0 saturated carbocycles. The molecular weight excluding hydrogens is 316 g/mol. The summed E-state index contributed by atoms with van der Waals surface area (Å²) < 4.78 is 0. The van der Waals surface area contributed by atoms with Gasteiger partial charge in [-0.2, -0.15) is 5.26 Å². The van der Waals surface area contributed by atoms with Crippen LogP contribution in [0.4, 0.5) is 11.6 Å². The number of rotatable bonds is 7. The number of nitrogens with one attached hydrogen (secondary N) is 2. The Bertz CT molecular complexity index is 764. The van der Waals surface area contributed by atoms with Crippen molar-refractivity contribution in [2.24, 2.45) is 0 Å². The number of nitrogens with zero attached hydrogens (tertiary/aromatic N) is 4. The van der Waals surface area contributed by atoms with E-state index in [0.717, 1.165) is 18.7 Å². The molecule has 2 N–H and O–H groups in total. The zero-order valence-electron chi connectivity index (χ0n) is 14.7. The van der Waals surface area contributed by atoms with E-state index in [2.05, 4.69) is 31.6 Å². The number of amides is 1. The second-order valence-electron chi connectivity index (χ2n) is 5.95. The zero-order valence-corrected chi connectivity index (χ0v) is 14.7. The van der Waals surface area contributed by atoms with E-state index in [0.29, 0.717) is 29.4 Å². The molecule has 7 nitrogen and oxygen atoms in total. The van der Waals surface area contributed by atoms with Crippen molar-refractivity contribution in [1.29, 1.82) is 5.26 Å². The molecule has 25 heavy (non-hydrogen) atoms. The average molecular weight is 338 g/mol. The van der Waals surface area contributed by atoms with E-state index < -0.39 is 0 Å². The molecule has 0 saturated heterocycles. The fourth-order valence-electron chi connectivity index (χ4n) is 2.19. The molecule has 2 rings (SSSR count). The van der Waals surface area contributed by atoms with Gasteiger partial charge in [0.15, 0.2) is 0 Å². The fourth-order valence-corrected chi connectivity index (χ4v) is 2.19. The Labute approximate surface area is 147 Å². The lowest BCUT2D eigenvalue weighted by Gasteiger charge is -2.11. The standard InChI is InChI=1S/C18H22N6O/c1-13-11-16(17(25)20-9-4-10-24(2)3)23-18(21-13)22-15-7-5-14(12-19)6-8-15/h5-8,11H,4,9-10H2,1-3H3,(H,20,25)(H,21,22,23). The molecule has 130 valence electrons. The summed E-state index contributed by atoms with van der Waals surface area (Å²) in [6, 6.07) is 10.7. The molecule has 0 unspecified atom stereocenters. The molecule has 2 aromatic rings. The molecule has 0 fully saturated rings. The van der Waals surface area contributed by atoms with Crippen LogP contribution in [0, 0.1) is 18.3 Å². The minimum absolute atomic E-state index is 0.216. The highest BCUT2D eigenvalue weighted by Crippen LogP contribution is 2.14. The van der Waals surface area contributed by atoms with Crippen molar-refractivity contribution < 1.29 is 4.79 Å². The predicted molar refractivity (Wildman–Crippen MR) is 96.7 cm³/mol. The normalized spacial score (nSPS) is 10.4. The van der Waals surface area contributed by atoms with Crippen molar-refractivity contribution in [2.75, 3.05) is 32.5 Å². The van der Waals surface area contributed by atoms with E-state index in [1.54, 1.807) is 30.3 Å². The highest BCUT2D eigenvalue weighted by atomic mass is 16.1. The molecular formula is C18H22N6O. The van der Waals surface area contributed by atoms with Crippen molar-refractivity contribution in [3.8, 4) is 6.07 Å². The van der Waals surface area contributed by atoms with E-state index in [4.69, 9.17) is 5.26 Å². The van der Waals surface area contributed by atoms with Crippen LogP contribution in [0.5, 0.6) is 0 Å². The molecule has 1 heterocycles. The van der Waals surface area contributed by atoms with E-state index >= 15 is 0 Å². The lowest BCUT2D eigenvalue weighted by atomic mass is 10.2. The van der Waals surface area contributed by atoms with Crippen LogP contribution >= 0.6 is 0 Å². The average Bonchev–Trinajstić information content (AvgIpc) is 2.58. The minimum Gasteiger partial charge on any atom is -0.351 e. The van der Waals surface area contributed by atoms with Gasteiger partial charge in [-0.1, -0.05) is 0 Å². The van der Waals surface area contributed by atoms with Crippen LogP contribution in [0.25, 0.3) is 0 Å². The van der Waals surface area contributed by atoms with Crippen LogP contribution in [-0.2, 0) is 0 Å². The van der Waals surface area contributed by atoms with Gasteiger partial charge in [0.2, 0.25) is 5.95 Å². The monoisotopic (exact) mass is 338 g/mol. The molecule has 0 atom stereocenters. The number of hydrogen-bond acceptors (Lipinski definition) is 6. The van der Waals surface area contributed by atoms with E-state index in [1.165, 1.54) is 0 Å². The van der Waals surface area contributed by atoms with Gasteiger partial charge in [-0.05, 0) is 64.3 Å². The van der Waals surface area contributed by atoms with Crippen molar-refractivity contribution in [1.82, 2.24) is 20.2 Å². The molecule has 7 heteroatoms. The number of anilines is 2. The van der Waals surface area contributed by atoms with Crippen LogP contribution in [0.1, 0.15) is 28.2 Å². The van der Waals surface area contributed by atoms with Gasteiger partial charge in [0.1, 0.15) is 5.69 Å². The van der Waals surface area contributed by atoms with Crippen LogP contribution in [-0.4, -0.2) is 48.0 Å². The lowest BCUT2D eigenvalue weighted by Crippen LogP contribution is -2.28. The van der Waals surface area contributed by atoms with Crippen LogP contribution in [0.3, 0.4) is 0 Å². The maximum atomic E-state index is 12.3. The molecule has 1 aromatic carbocycles. The van der Waals surface area contributed by atoms with Gasteiger partial charge < -0.3 is 15.5 Å². The lowest BCUT2D eigenvalue weighted by molar-refractivity contribution is 0.0947. The van der Waals surface area contributed by atoms with Gasteiger partial charge in [0.05, 0.1) is 11.6 Å². The number of aryl methyl sites for hydroxylation is 1. The highest BCUT2D eigenvalue weighted by Gasteiger charge is 2.10. The number of nitriles is 1. The van der Waals surface area contributed by atoms with E-state index in [-0.39, 0.29) is 5.91 Å². The summed E-state index contributed by atoms with van der Waals surface area (Å²) in [5.41, 5.74) is 2.36. The molecule has 0 aliphatic heterocycles. The van der Waals surface area contributed by atoms with E-state index in [9.17, 15) is 4.79 Å². The van der Waals surface area contributed by atoms with Crippen molar-refractivity contribution in [3.63, 3.8) is 0 Å². The number of benzene rings is 1.